The van der Waals surface area contributed by atoms with E-state index in [0.717, 1.165) is 5.56 Å². The highest BCUT2D eigenvalue weighted by Gasteiger charge is 2.54. The molecule has 4 atom stereocenters. The number of aromatic nitrogens is 1. The Balaban J connectivity index is 1.87. The van der Waals surface area contributed by atoms with E-state index in [1.807, 2.05) is 31.2 Å². The molecule has 4 unspecified atom stereocenters. The Labute approximate surface area is 160 Å². The van der Waals surface area contributed by atoms with Crippen molar-refractivity contribution in [2.24, 2.45) is 13.0 Å². The Bertz CT molecular complexity index is 902. The van der Waals surface area contributed by atoms with E-state index in [4.69, 9.17) is 23.2 Å². The summed E-state index contributed by atoms with van der Waals surface area (Å²) in [5.74, 6) is -0.0267. The Kier molecular flexibility index (Phi) is 4.31. The Morgan fingerprint density at radius 1 is 1.08 bits per heavy atom. The number of pyridine rings is 1. The van der Waals surface area contributed by atoms with Gasteiger partial charge in [0.15, 0.2) is 0 Å². The molecule has 0 aliphatic carbocycles. The molecular weight excluding hydrogens is 375 g/mol. The predicted octanol–water partition coefficient (Wildman–Crippen LogP) is 2.26. The molecule has 1 aromatic carbocycles. The molecule has 0 bridgehead atoms. The summed E-state index contributed by atoms with van der Waals surface area (Å²) in [5.41, 5.74) is 7.56. The van der Waals surface area contributed by atoms with Gasteiger partial charge < -0.3 is 9.47 Å². The van der Waals surface area contributed by atoms with Gasteiger partial charge in [0, 0.05) is 30.2 Å². The monoisotopic (exact) mass is 392 g/mol. The van der Waals surface area contributed by atoms with Crippen LogP contribution < -0.4 is 21.3 Å². The second-order valence-corrected chi connectivity index (χ2v) is 7.64. The summed E-state index contributed by atoms with van der Waals surface area (Å²) in [6.45, 7) is 2.05. The summed E-state index contributed by atoms with van der Waals surface area (Å²) >= 11 is 12.1. The van der Waals surface area contributed by atoms with Crippen LogP contribution in [0.4, 0.5) is 5.69 Å². The summed E-state index contributed by atoms with van der Waals surface area (Å²) in [5, 5.41) is 0.728. The molecule has 2 aliphatic rings. The average molecular weight is 393 g/mol. The lowest BCUT2D eigenvalue weighted by molar-refractivity contribution is -0.119. The number of aryl methyl sites for hydroxylation is 1. The molecule has 0 spiro atoms. The SMILES string of the molecule is CC1NNC2C(=O)N(c3cc(Cl)c(=O)n(C)c3)C(c3ccc(Cl)cc3)C12. The number of benzene rings is 1. The second kappa shape index (κ2) is 6.39. The Morgan fingerprint density at radius 3 is 2.42 bits per heavy atom. The van der Waals surface area contributed by atoms with E-state index >= 15 is 0 Å². The number of halogens is 2. The summed E-state index contributed by atoms with van der Waals surface area (Å²) < 4.78 is 1.40. The van der Waals surface area contributed by atoms with E-state index in [0.29, 0.717) is 10.7 Å². The van der Waals surface area contributed by atoms with Crippen LogP contribution in [0.25, 0.3) is 0 Å². The number of carbonyl (C=O) groups is 1. The van der Waals surface area contributed by atoms with Gasteiger partial charge in [-0.25, -0.2) is 5.43 Å². The highest BCUT2D eigenvalue weighted by atomic mass is 35.5. The van der Waals surface area contributed by atoms with E-state index in [9.17, 15) is 9.59 Å². The first kappa shape index (κ1) is 17.5. The zero-order chi connectivity index (χ0) is 18.6. The second-order valence-electron chi connectivity index (χ2n) is 6.80. The maximum Gasteiger partial charge on any atom is 0.269 e. The van der Waals surface area contributed by atoms with E-state index in [2.05, 4.69) is 10.9 Å². The van der Waals surface area contributed by atoms with E-state index in [1.165, 1.54) is 4.57 Å². The third-order valence-corrected chi connectivity index (χ3v) is 5.71. The van der Waals surface area contributed by atoms with Crippen LogP contribution in [0, 0.1) is 5.92 Å². The highest BCUT2D eigenvalue weighted by molar-refractivity contribution is 6.31. The number of rotatable bonds is 2. The largest absolute Gasteiger partial charge is 0.315 e. The van der Waals surface area contributed by atoms with Crippen LogP contribution in [0.5, 0.6) is 0 Å². The lowest BCUT2D eigenvalue weighted by atomic mass is 9.87. The molecule has 2 aromatic rings. The molecule has 1 amide bonds. The minimum absolute atomic E-state index is 0.0275. The molecule has 2 N–H and O–H groups in total. The van der Waals surface area contributed by atoms with Gasteiger partial charge in [-0.3, -0.25) is 15.0 Å². The third kappa shape index (κ3) is 2.65. The quantitative estimate of drug-likeness (QED) is 0.822. The van der Waals surface area contributed by atoms with Gasteiger partial charge in [0.25, 0.3) is 5.56 Å². The molecular formula is C18H18Cl2N4O2. The molecule has 4 rings (SSSR count). The summed E-state index contributed by atoms with van der Waals surface area (Å²) in [6, 6.07) is 8.62. The zero-order valence-corrected chi connectivity index (χ0v) is 15.8. The van der Waals surface area contributed by atoms with Crippen LogP contribution in [-0.2, 0) is 11.8 Å². The molecule has 2 fully saturated rings. The molecule has 0 radical (unpaired) electrons. The van der Waals surface area contributed by atoms with Gasteiger partial charge in [-0.2, -0.15) is 0 Å². The van der Waals surface area contributed by atoms with Gasteiger partial charge in [0.2, 0.25) is 5.91 Å². The predicted molar refractivity (Wildman–Crippen MR) is 101 cm³/mol. The number of nitrogens with zero attached hydrogens (tertiary/aromatic N) is 2. The molecule has 0 saturated carbocycles. The molecule has 6 nitrogen and oxygen atoms in total. The summed E-state index contributed by atoms with van der Waals surface area (Å²) in [4.78, 5) is 26.8. The molecule has 8 heteroatoms. The van der Waals surface area contributed by atoms with Crippen molar-refractivity contribution in [1.82, 2.24) is 15.4 Å². The number of amides is 1. The van der Waals surface area contributed by atoms with Gasteiger partial charge in [-0.1, -0.05) is 35.3 Å². The van der Waals surface area contributed by atoms with Crippen LogP contribution in [0.3, 0.4) is 0 Å². The summed E-state index contributed by atoms with van der Waals surface area (Å²) in [7, 11) is 1.62. The lowest BCUT2D eigenvalue weighted by Gasteiger charge is -2.30. The van der Waals surface area contributed by atoms with E-state index in [1.54, 1.807) is 24.2 Å². The fourth-order valence-corrected chi connectivity index (χ4v) is 4.32. The van der Waals surface area contributed by atoms with Crippen molar-refractivity contribution in [3.05, 3.63) is 62.5 Å². The van der Waals surface area contributed by atoms with Crippen molar-refractivity contribution in [3.63, 3.8) is 0 Å². The lowest BCUT2D eigenvalue weighted by Crippen LogP contribution is -2.42. The molecule has 3 heterocycles. The Hall–Kier alpha value is -1.86. The number of hydrogen-bond acceptors (Lipinski definition) is 4. The molecule has 1 aromatic heterocycles. The number of anilines is 1. The van der Waals surface area contributed by atoms with Gasteiger partial charge >= 0.3 is 0 Å². The number of carbonyl (C=O) groups excluding carboxylic acids is 1. The van der Waals surface area contributed by atoms with Crippen LogP contribution in [-0.4, -0.2) is 22.6 Å². The maximum absolute atomic E-state index is 13.2. The van der Waals surface area contributed by atoms with Crippen molar-refractivity contribution in [1.29, 1.82) is 0 Å². The van der Waals surface area contributed by atoms with Crippen molar-refractivity contribution in [2.75, 3.05) is 4.90 Å². The first-order valence-corrected chi connectivity index (χ1v) is 9.10. The standard InChI is InChI=1S/C18H18Cl2N4O2/c1-9-14-15(22-21-9)18(26)24(12-7-13(20)17(25)23(2)8-12)16(14)10-3-5-11(19)6-4-10/h3-9,14-16,21-22H,1-2H3. The fourth-order valence-electron chi connectivity index (χ4n) is 3.95. The van der Waals surface area contributed by atoms with Gasteiger partial charge in [0.05, 0.1) is 11.7 Å². The van der Waals surface area contributed by atoms with Crippen molar-refractivity contribution < 1.29 is 4.79 Å². The minimum atomic E-state index is -0.346. The number of fused-ring (bicyclic) bond motifs is 1. The van der Waals surface area contributed by atoms with Crippen LogP contribution in [0.2, 0.25) is 10.0 Å². The average Bonchev–Trinajstić information content (AvgIpc) is 3.12. The van der Waals surface area contributed by atoms with Crippen LogP contribution in [0.1, 0.15) is 18.5 Å². The van der Waals surface area contributed by atoms with Crippen molar-refractivity contribution >= 4 is 34.8 Å². The highest BCUT2D eigenvalue weighted by Crippen LogP contribution is 2.44. The number of hydrazine groups is 1. The van der Waals surface area contributed by atoms with Crippen molar-refractivity contribution in [3.8, 4) is 0 Å². The van der Waals surface area contributed by atoms with Crippen molar-refractivity contribution in [2.45, 2.75) is 25.0 Å². The topological polar surface area (TPSA) is 66.4 Å². The fraction of sp³-hybridized carbons (Fsp3) is 0.333. The normalized spacial score (nSPS) is 27.8. The maximum atomic E-state index is 13.2. The van der Waals surface area contributed by atoms with E-state index < -0.39 is 0 Å². The van der Waals surface area contributed by atoms with Gasteiger partial charge in [0.1, 0.15) is 11.1 Å². The van der Waals surface area contributed by atoms with Crippen LogP contribution >= 0.6 is 23.2 Å². The molecule has 26 heavy (non-hydrogen) atoms. The van der Waals surface area contributed by atoms with Crippen LogP contribution in [0.15, 0.2) is 41.3 Å². The van der Waals surface area contributed by atoms with Gasteiger partial charge in [-0.05, 0) is 30.7 Å². The first-order valence-electron chi connectivity index (χ1n) is 8.34. The first-order chi connectivity index (χ1) is 12.4. The number of hydrogen-bond donors (Lipinski definition) is 2. The minimum Gasteiger partial charge on any atom is -0.315 e. The smallest absolute Gasteiger partial charge is 0.269 e. The third-order valence-electron chi connectivity index (χ3n) is 5.19. The van der Waals surface area contributed by atoms with E-state index in [-0.39, 0.29) is 40.5 Å². The number of nitrogens with one attached hydrogen (secondary N) is 2. The summed E-state index contributed by atoms with van der Waals surface area (Å²) in [6.07, 6.45) is 1.65. The molecule has 2 saturated heterocycles. The molecule has 136 valence electrons. The Morgan fingerprint density at radius 2 is 1.77 bits per heavy atom. The zero-order valence-electron chi connectivity index (χ0n) is 14.2. The molecule has 2 aliphatic heterocycles. The van der Waals surface area contributed by atoms with Gasteiger partial charge in [-0.15, -0.1) is 0 Å².